The van der Waals surface area contributed by atoms with Crippen molar-refractivity contribution in [3.8, 4) is 22.8 Å². The Morgan fingerprint density at radius 1 is 1.19 bits per heavy atom. The molecule has 164 valence electrons. The molecule has 4 rings (SSSR count). The summed E-state index contributed by atoms with van der Waals surface area (Å²) in [6, 6.07) is 16.1. The molecule has 0 saturated carbocycles. The second kappa shape index (κ2) is 9.97. The molecule has 0 aliphatic carbocycles. The van der Waals surface area contributed by atoms with Gasteiger partial charge in [-0.15, -0.1) is 21.5 Å². The molecule has 2 heterocycles. The number of anilines is 1. The van der Waals surface area contributed by atoms with Crippen molar-refractivity contribution in [1.82, 2.24) is 19.7 Å². The van der Waals surface area contributed by atoms with Crippen LogP contribution in [0, 0.1) is 6.92 Å². The second-order valence-corrected chi connectivity index (χ2v) is 8.85. The SMILES string of the molecule is CCOc1ccc(-n2c(SCc3csc(NC(C)=O)n3)nnc2-c2cccc(C)c2)cc1. The van der Waals surface area contributed by atoms with Crippen molar-refractivity contribution < 1.29 is 9.53 Å². The number of amides is 1. The number of thiazole rings is 1. The van der Waals surface area contributed by atoms with Crippen LogP contribution in [0.15, 0.2) is 59.1 Å². The second-order valence-electron chi connectivity index (χ2n) is 7.05. The number of aromatic nitrogens is 4. The molecule has 2 aromatic carbocycles. The number of rotatable bonds is 8. The van der Waals surface area contributed by atoms with Crippen LogP contribution >= 0.6 is 23.1 Å². The maximum atomic E-state index is 11.2. The van der Waals surface area contributed by atoms with Crippen molar-refractivity contribution in [2.75, 3.05) is 11.9 Å². The topological polar surface area (TPSA) is 81.9 Å². The number of hydrogen-bond donors (Lipinski definition) is 1. The zero-order valence-corrected chi connectivity index (χ0v) is 19.7. The van der Waals surface area contributed by atoms with Gasteiger partial charge in [0.05, 0.1) is 12.3 Å². The molecule has 0 aliphatic heterocycles. The number of ether oxygens (including phenoxy) is 1. The highest BCUT2D eigenvalue weighted by Crippen LogP contribution is 2.31. The lowest BCUT2D eigenvalue weighted by Crippen LogP contribution is -2.05. The Morgan fingerprint density at radius 3 is 2.72 bits per heavy atom. The van der Waals surface area contributed by atoms with Crippen LogP contribution in [0.4, 0.5) is 5.13 Å². The summed E-state index contributed by atoms with van der Waals surface area (Å²) >= 11 is 2.96. The van der Waals surface area contributed by atoms with Crippen LogP contribution in [-0.2, 0) is 10.5 Å². The Bertz CT molecular complexity index is 1220. The molecule has 0 fully saturated rings. The first kappa shape index (κ1) is 22.0. The Morgan fingerprint density at radius 2 is 2.00 bits per heavy atom. The predicted octanol–water partition coefficient (Wildman–Crippen LogP) is 5.35. The zero-order chi connectivity index (χ0) is 22.5. The fraction of sp³-hybridized carbons (Fsp3) is 0.217. The van der Waals surface area contributed by atoms with E-state index >= 15 is 0 Å². The average molecular weight is 466 g/mol. The monoisotopic (exact) mass is 465 g/mol. The lowest BCUT2D eigenvalue weighted by molar-refractivity contribution is -0.114. The molecular weight excluding hydrogens is 442 g/mol. The Kier molecular flexibility index (Phi) is 6.87. The van der Waals surface area contributed by atoms with Gasteiger partial charge in [-0.1, -0.05) is 35.5 Å². The van der Waals surface area contributed by atoms with Gasteiger partial charge in [0.15, 0.2) is 16.1 Å². The molecular formula is C23H23N5O2S2. The number of hydrogen-bond acceptors (Lipinski definition) is 7. The van der Waals surface area contributed by atoms with Crippen molar-refractivity contribution in [1.29, 1.82) is 0 Å². The van der Waals surface area contributed by atoms with E-state index < -0.39 is 0 Å². The number of benzene rings is 2. The van der Waals surface area contributed by atoms with Gasteiger partial charge in [-0.05, 0) is 44.2 Å². The van der Waals surface area contributed by atoms with E-state index in [1.54, 1.807) is 11.8 Å². The van der Waals surface area contributed by atoms with E-state index in [4.69, 9.17) is 4.74 Å². The van der Waals surface area contributed by atoms with Gasteiger partial charge >= 0.3 is 0 Å². The van der Waals surface area contributed by atoms with E-state index in [9.17, 15) is 4.79 Å². The van der Waals surface area contributed by atoms with Crippen molar-refractivity contribution in [3.63, 3.8) is 0 Å². The molecule has 0 saturated heterocycles. The first-order valence-corrected chi connectivity index (χ1v) is 12.0. The fourth-order valence-corrected chi connectivity index (χ4v) is 4.85. The number of carbonyl (C=O) groups is 1. The normalized spacial score (nSPS) is 10.8. The molecule has 9 heteroatoms. The zero-order valence-electron chi connectivity index (χ0n) is 18.0. The number of nitrogens with one attached hydrogen (secondary N) is 1. The standard InChI is InChI=1S/C23H23N5O2S2/c1-4-30-20-10-8-19(9-11-20)28-21(17-7-5-6-15(2)12-17)26-27-23(28)32-14-18-13-31-22(25-18)24-16(3)29/h5-13H,4,14H2,1-3H3,(H,24,25,29). The summed E-state index contributed by atoms with van der Waals surface area (Å²) in [5, 5.41) is 15.0. The van der Waals surface area contributed by atoms with E-state index in [1.165, 1.54) is 18.3 Å². The molecule has 1 N–H and O–H groups in total. The van der Waals surface area contributed by atoms with Gasteiger partial charge in [0, 0.05) is 29.3 Å². The number of aryl methyl sites for hydroxylation is 1. The van der Waals surface area contributed by atoms with Crippen molar-refractivity contribution in [2.24, 2.45) is 0 Å². The third-order valence-corrected chi connectivity index (χ3v) is 6.27. The molecule has 2 aromatic heterocycles. The van der Waals surface area contributed by atoms with E-state index in [1.807, 2.05) is 48.7 Å². The molecule has 0 unspecified atom stereocenters. The van der Waals surface area contributed by atoms with Gasteiger partial charge < -0.3 is 10.1 Å². The molecule has 0 bridgehead atoms. The summed E-state index contributed by atoms with van der Waals surface area (Å²) in [5.41, 5.74) is 3.99. The smallest absolute Gasteiger partial charge is 0.223 e. The lowest BCUT2D eigenvalue weighted by atomic mass is 10.1. The molecule has 4 aromatic rings. The van der Waals surface area contributed by atoms with E-state index in [2.05, 4.69) is 44.1 Å². The van der Waals surface area contributed by atoms with Crippen molar-refractivity contribution in [2.45, 2.75) is 31.7 Å². The molecule has 32 heavy (non-hydrogen) atoms. The van der Waals surface area contributed by atoms with Gasteiger partial charge in [0.2, 0.25) is 5.91 Å². The summed E-state index contributed by atoms with van der Waals surface area (Å²) in [7, 11) is 0. The van der Waals surface area contributed by atoms with Crippen LogP contribution in [0.1, 0.15) is 25.1 Å². The minimum absolute atomic E-state index is 0.128. The highest BCUT2D eigenvalue weighted by Gasteiger charge is 2.17. The molecule has 0 spiro atoms. The Labute approximate surface area is 194 Å². The average Bonchev–Trinajstić information content (AvgIpc) is 3.39. The van der Waals surface area contributed by atoms with Crippen molar-refractivity contribution >= 4 is 34.1 Å². The van der Waals surface area contributed by atoms with Gasteiger partial charge in [0.25, 0.3) is 0 Å². The van der Waals surface area contributed by atoms with Gasteiger partial charge in [0.1, 0.15) is 5.75 Å². The molecule has 0 radical (unpaired) electrons. The van der Waals surface area contributed by atoms with Crippen LogP contribution in [0.5, 0.6) is 5.75 Å². The maximum Gasteiger partial charge on any atom is 0.223 e. The van der Waals surface area contributed by atoms with E-state index in [-0.39, 0.29) is 5.91 Å². The summed E-state index contributed by atoms with van der Waals surface area (Å²) in [5.74, 6) is 2.08. The number of carbonyl (C=O) groups excluding carboxylic acids is 1. The summed E-state index contributed by atoms with van der Waals surface area (Å²) in [4.78, 5) is 15.7. The Balaban J connectivity index is 1.66. The highest BCUT2D eigenvalue weighted by atomic mass is 32.2. The minimum atomic E-state index is -0.128. The summed E-state index contributed by atoms with van der Waals surface area (Å²) < 4.78 is 7.64. The third kappa shape index (κ3) is 5.17. The lowest BCUT2D eigenvalue weighted by Gasteiger charge is -2.11. The largest absolute Gasteiger partial charge is 0.494 e. The van der Waals surface area contributed by atoms with Crippen LogP contribution in [0.3, 0.4) is 0 Å². The number of thioether (sulfide) groups is 1. The van der Waals surface area contributed by atoms with Crippen molar-refractivity contribution in [3.05, 3.63) is 65.2 Å². The fourth-order valence-electron chi connectivity index (χ4n) is 3.15. The van der Waals surface area contributed by atoms with Crippen LogP contribution in [-0.4, -0.2) is 32.3 Å². The molecule has 0 aliphatic rings. The molecule has 1 amide bonds. The van der Waals surface area contributed by atoms with Crippen LogP contribution < -0.4 is 10.1 Å². The van der Waals surface area contributed by atoms with E-state index in [0.717, 1.165) is 39.2 Å². The van der Waals surface area contributed by atoms with Crippen LogP contribution in [0.2, 0.25) is 0 Å². The first-order valence-electron chi connectivity index (χ1n) is 10.1. The maximum absolute atomic E-state index is 11.2. The predicted molar refractivity (Wildman–Crippen MR) is 129 cm³/mol. The summed E-state index contributed by atoms with van der Waals surface area (Å²) in [6.07, 6.45) is 0. The quantitative estimate of drug-likeness (QED) is 0.353. The molecule has 0 atom stereocenters. The molecule has 7 nitrogen and oxygen atoms in total. The van der Waals surface area contributed by atoms with Gasteiger partial charge in [-0.3, -0.25) is 9.36 Å². The minimum Gasteiger partial charge on any atom is -0.494 e. The number of nitrogens with zero attached hydrogens (tertiary/aromatic N) is 4. The Hall–Kier alpha value is -3.17. The van der Waals surface area contributed by atoms with Gasteiger partial charge in [-0.2, -0.15) is 0 Å². The summed E-state index contributed by atoms with van der Waals surface area (Å²) in [6.45, 7) is 6.12. The van der Waals surface area contributed by atoms with Crippen LogP contribution in [0.25, 0.3) is 17.1 Å². The first-order chi connectivity index (χ1) is 15.5. The third-order valence-electron chi connectivity index (χ3n) is 4.50. The van der Waals surface area contributed by atoms with Gasteiger partial charge in [-0.25, -0.2) is 4.98 Å². The van der Waals surface area contributed by atoms with E-state index in [0.29, 0.717) is 17.5 Å². The highest BCUT2D eigenvalue weighted by molar-refractivity contribution is 7.98.